The van der Waals surface area contributed by atoms with Gasteiger partial charge in [-0.25, -0.2) is 12.8 Å². The average Bonchev–Trinajstić information content (AvgIpc) is 2.74. The van der Waals surface area contributed by atoms with Crippen LogP contribution in [0.3, 0.4) is 0 Å². The van der Waals surface area contributed by atoms with Crippen LogP contribution in [0.15, 0.2) is 66.7 Å². The number of hydrogen-bond donors (Lipinski definition) is 1. The van der Waals surface area contributed by atoms with Crippen LogP contribution >= 0.6 is 0 Å². The molecule has 6 nitrogen and oxygen atoms in total. The van der Waals surface area contributed by atoms with Gasteiger partial charge in [-0.2, -0.15) is 0 Å². The van der Waals surface area contributed by atoms with Gasteiger partial charge in [-0.3, -0.25) is 9.10 Å². The summed E-state index contributed by atoms with van der Waals surface area (Å²) in [6, 6.07) is 19.0. The summed E-state index contributed by atoms with van der Waals surface area (Å²) in [5.74, 6) is 0.105. The van der Waals surface area contributed by atoms with Gasteiger partial charge in [0.2, 0.25) is 15.9 Å². The molecule has 0 aliphatic rings. The average molecular weight is 445 g/mol. The van der Waals surface area contributed by atoms with Gasteiger partial charge in [0, 0.05) is 13.0 Å². The lowest BCUT2D eigenvalue weighted by Gasteiger charge is -2.22. The van der Waals surface area contributed by atoms with Gasteiger partial charge in [0.1, 0.15) is 18.2 Å². The van der Waals surface area contributed by atoms with E-state index in [9.17, 15) is 17.6 Å². The summed E-state index contributed by atoms with van der Waals surface area (Å²) in [6.45, 7) is 0.806. The second-order valence-electron chi connectivity index (χ2n) is 7.12. The molecule has 31 heavy (non-hydrogen) atoms. The fourth-order valence-corrected chi connectivity index (χ4v) is 4.15. The Bertz CT molecular complexity index is 1130. The van der Waals surface area contributed by atoms with Crippen LogP contribution in [0.25, 0.3) is 10.8 Å². The van der Waals surface area contributed by atoms with Gasteiger partial charge in [-0.05, 0) is 53.6 Å². The third-order valence-corrected chi connectivity index (χ3v) is 5.89. The van der Waals surface area contributed by atoms with E-state index in [1.165, 1.54) is 28.6 Å². The molecule has 0 atom stereocenters. The van der Waals surface area contributed by atoms with E-state index in [-0.39, 0.29) is 18.9 Å². The highest BCUT2D eigenvalue weighted by Crippen LogP contribution is 2.20. The minimum Gasteiger partial charge on any atom is -0.492 e. The molecule has 3 aromatic carbocycles. The van der Waals surface area contributed by atoms with Crippen LogP contribution in [-0.2, 0) is 14.8 Å². The lowest BCUT2D eigenvalue weighted by molar-refractivity contribution is -0.121. The largest absolute Gasteiger partial charge is 0.492 e. The second kappa shape index (κ2) is 10.3. The van der Waals surface area contributed by atoms with Crippen LogP contribution in [0.5, 0.6) is 5.75 Å². The quantitative estimate of drug-likeness (QED) is 0.484. The molecule has 0 fully saturated rings. The molecule has 0 aliphatic carbocycles. The molecule has 0 saturated carbocycles. The van der Waals surface area contributed by atoms with Crippen molar-refractivity contribution >= 4 is 32.4 Å². The zero-order chi connectivity index (χ0) is 22.3. The summed E-state index contributed by atoms with van der Waals surface area (Å²) in [4.78, 5) is 12.1. The van der Waals surface area contributed by atoms with Gasteiger partial charge < -0.3 is 10.1 Å². The number of ether oxygens (including phenoxy) is 1. The molecular weight excluding hydrogens is 419 g/mol. The van der Waals surface area contributed by atoms with Crippen molar-refractivity contribution in [1.29, 1.82) is 0 Å². The van der Waals surface area contributed by atoms with Gasteiger partial charge in [-0.15, -0.1) is 0 Å². The summed E-state index contributed by atoms with van der Waals surface area (Å²) in [7, 11) is -3.54. The first kappa shape index (κ1) is 22.6. The Balaban J connectivity index is 1.41. The lowest BCUT2D eigenvalue weighted by atomic mass is 10.1. The van der Waals surface area contributed by atoms with Crippen molar-refractivity contribution in [2.75, 3.05) is 30.3 Å². The standard InChI is InChI=1S/C23H25FN2O4S/c1-31(28,29)26(21-11-9-20(24)10-12-21)15-4-7-23(27)25-14-16-30-22-13-8-18-5-2-3-6-19(18)17-22/h2-3,5-6,8-13,17H,4,7,14-16H2,1H3,(H,25,27). The van der Waals surface area contributed by atoms with Gasteiger partial charge in [0.15, 0.2) is 0 Å². The topological polar surface area (TPSA) is 75.7 Å². The predicted molar refractivity (Wildman–Crippen MR) is 120 cm³/mol. The van der Waals surface area contributed by atoms with Crippen LogP contribution in [0.4, 0.5) is 10.1 Å². The summed E-state index contributed by atoms with van der Waals surface area (Å²) in [5, 5.41) is 4.98. The number of amides is 1. The molecule has 1 N–H and O–H groups in total. The van der Waals surface area contributed by atoms with E-state index in [1.54, 1.807) is 0 Å². The molecule has 0 spiro atoms. The highest BCUT2D eigenvalue weighted by Gasteiger charge is 2.17. The first-order chi connectivity index (χ1) is 14.8. The number of halogens is 1. The third kappa shape index (κ3) is 6.68. The first-order valence-corrected chi connectivity index (χ1v) is 11.8. The van der Waals surface area contributed by atoms with Crippen LogP contribution < -0.4 is 14.4 Å². The number of nitrogens with zero attached hydrogens (tertiary/aromatic N) is 1. The summed E-state index contributed by atoms with van der Waals surface area (Å²) >= 11 is 0. The maximum absolute atomic E-state index is 13.1. The molecule has 8 heteroatoms. The van der Waals surface area contributed by atoms with E-state index >= 15 is 0 Å². The zero-order valence-electron chi connectivity index (χ0n) is 17.3. The Morgan fingerprint density at radius 3 is 2.45 bits per heavy atom. The number of sulfonamides is 1. The van der Waals surface area contributed by atoms with Gasteiger partial charge in [0.25, 0.3) is 0 Å². The van der Waals surface area contributed by atoms with Crippen LogP contribution in [0, 0.1) is 5.82 Å². The smallest absolute Gasteiger partial charge is 0.232 e. The van der Waals surface area contributed by atoms with Crippen molar-refractivity contribution in [3.05, 3.63) is 72.5 Å². The van der Waals surface area contributed by atoms with Crippen molar-refractivity contribution in [2.45, 2.75) is 12.8 Å². The Morgan fingerprint density at radius 1 is 1.03 bits per heavy atom. The fraction of sp³-hybridized carbons (Fsp3) is 0.261. The number of fused-ring (bicyclic) bond motifs is 1. The molecule has 3 rings (SSSR count). The minimum absolute atomic E-state index is 0.130. The molecule has 0 saturated heterocycles. The summed E-state index contributed by atoms with van der Waals surface area (Å²) in [5.41, 5.74) is 0.369. The number of carbonyl (C=O) groups excluding carboxylic acids is 1. The number of anilines is 1. The molecule has 0 heterocycles. The molecule has 0 aromatic heterocycles. The Hall–Kier alpha value is -3.13. The first-order valence-electron chi connectivity index (χ1n) is 9.94. The number of nitrogens with one attached hydrogen (secondary N) is 1. The number of hydrogen-bond acceptors (Lipinski definition) is 4. The third-order valence-electron chi connectivity index (χ3n) is 4.69. The molecule has 1 amide bonds. The highest BCUT2D eigenvalue weighted by atomic mass is 32.2. The second-order valence-corrected chi connectivity index (χ2v) is 9.03. The minimum atomic E-state index is -3.54. The van der Waals surface area contributed by atoms with Crippen molar-refractivity contribution in [2.24, 2.45) is 0 Å². The fourth-order valence-electron chi connectivity index (χ4n) is 3.18. The van der Waals surface area contributed by atoms with Crippen molar-refractivity contribution in [3.63, 3.8) is 0 Å². The highest BCUT2D eigenvalue weighted by molar-refractivity contribution is 7.92. The molecule has 0 radical (unpaired) electrons. The lowest BCUT2D eigenvalue weighted by Crippen LogP contribution is -2.32. The molecular formula is C23H25FN2O4S. The van der Waals surface area contributed by atoms with Crippen LogP contribution in [-0.4, -0.2) is 40.3 Å². The molecule has 3 aromatic rings. The van der Waals surface area contributed by atoms with E-state index in [2.05, 4.69) is 5.32 Å². The van der Waals surface area contributed by atoms with Gasteiger partial charge in [-0.1, -0.05) is 30.3 Å². The molecule has 0 unspecified atom stereocenters. The monoisotopic (exact) mass is 444 g/mol. The van der Waals surface area contributed by atoms with Crippen molar-refractivity contribution in [1.82, 2.24) is 5.32 Å². The summed E-state index contributed by atoms with van der Waals surface area (Å²) < 4.78 is 44.0. The van der Waals surface area contributed by atoms with Crippen molar-refractivity contribution < 1.29 is 22.3 Å². The molecule has 164 valence electrons. The van der Waals surface area contributed by atoms with E-state index in [4.69, 9.17) is 4.74 Å². The van der Waals surface area contributed by atoms with E-state index in [0.29, 0.717) is 25.3 Å². The number of rotatable bonds is 10. The maximum atomic E-state index is 13.1. The SMILES string of the molecule is CS(=O)(=O)N(CCCC(=O)NCCOc1ccc2ccccc2c1)c1ccc(F)cc1. The Labute approximate surface area is 181 Å². The van der Waals surface area contributed by atoms with E-state index < -0.39 is 15.8 Å². The summed E-state index contributed by atoms with van der Waals surface area (Å²) in [6.07, 6.45) is 1.59. The van der Waals surface area contributed by atoms with E-state index in [1.807, 2.05) is 42.5 Å². The maximum Gasteiger partial charge on any atom is 0.232 e. The Kier molecular flexibility index (Phi) is 7.46. The number of benzene rings is 3. The van der Waals surface area contributed by atoms with Gasteiger partial charge >= 0.3 is 0 Å². The van der Waals surface area contributed by atoms with Crippen LogP contribution in [0.2, 0.25) is 0 Å². The van der Waals surface area contributed by atoms with Crippen molar-refractivity contribution in [3.8, 4) is 5.75 Å². The van der Waals surface area contributed by atoms with E-state index in [0.717, 1.165) is 22.8 Å². The molecule has 0 bridgehead atoms. The predicted octanol–water partition coefficient (Wildman–Crippen LogP) is 3.72. The molecule has 0 aliphatic heterocycles. The normalized spacial score (nSPS) is 11.3. The zero-order valence-corrected chi connectivity index (χ0v) is 18.1. The number of carbonyl (C=O) groups is 1. The van der Waals surface area contributed by atoms with Gasteiger partial charge in [0.05, 0.1) is 18.5 Å². The van der Waals surface area contributed by atoms with Crippen LogP contribution in [0.1, 0.15) is 12.8 Å². The Morgan fingerprint density at radius 2 is 1.74 bits per heavy atom.